The predicted octanol–water partition coefficient (Wildman–Crippen LogP) is 2.15. The van der Waals surface area contributed by atoms with Crippen LogP contribution in [-0.2, 0) is 4.74 Å². The van der Waals surface area contributed by atoms with Gasteiger partial charge in [-0.15, -0.1) is 0 Å². The molecule has 7 heteroatoms. The molecule has 6 nitrogen and oxygen atoms in total. The summed E-state index contributed by atoms with van der Waals surface area (Å²) in [6.07, 6.45) is 0.825. The van der Waals surface area contributed by atoms with Gasteiger partial charge in [-0.25, -0.2) is 10.2 Å². The molecular weight excluding hydrogens is 260 g/mol. The van der Waals surface area contributed by atoms with Crippen LogP contribution in [0.3, 0.4) is 0 Å². The molecule has 0 atom stereocenters. The highest BCUT2D eigenvalue weighted by Crippen LogP contribution is 2.39. The summed E-state index contributed by atoms with van der Waals surface area (Å²) in [6.45, 7) is 2.15. The van der Waals surface area contributed by atoms with Crippen LogP contribution in [0, 0.1) is 0 Å². The van der Waals surface area contributed by atoms with Gasteiger partial charge in [0.2, 0.25) is 6.79 Å². The Bertz CT molecular complexity index is 490. The number of halogens is 1. The molecule has 0 saturated carbocycles. The summed E-state index contributed by atoms with van der Waals surface area (Å²) < 4.78 is 15.0. The first-order valence-corrected chi connectivity index (χ1v) is 5.63. The van der Waals surface area contributed by atoms with Crippen LogP contribution in [0.5, 0.6) is 11.5 Å². The molecule has 1 aliphatic rings. The molecule has 2 rings (SSSR count). The Kier molecular flexibility index (Phi) is 3.88. The van der Waals surface area contributed by atoms with Crippen molar-refractivity contribution in [3.63, 3.8) is 0 Å². The molecule has 0 spiro atoms. The van der Waals surface area contributed by atoms with Gasteiger partial charge in [-0.05, 0) is 24.6 Å². The van der Waals surface area contributed by atoms with Crippen LogP contribution in [-0.4, -0.2) is 25.7 Å². The van der Waals surface area contributed by atoms with Gasteiger partial charge < -0.3 is 14.2 Å². The van der Waals surface area contributed by atoms with E-state index in [4.69, 9.17) is 21.1 Å². The van der Waals surface area contributed by atoms with Crippen LogP contribution in [0.15, 0.2) is 17.2 Å². The second-order valence-electron chi connectivity index (χ2n) is 3.33. The molecule has 1 aromatic carbocycles. The highest BCUT2D eigenvalue weighted by molar-refractivity contribution is 6.32. The number of ether oxygens (including phenoxy) is 3. The second kappa shape index (κ2) is 5.59. The Morgan fingerprint density at radius 3 is 3.22 bits per heavy atom. The lowest BCUT2D eigenvalue weighted by atomic mass is 10.2. The van der Waals surface area contributed by atoms with Crippen LogP contribution in [0.25, 0.3) is 0 Å². The van der Waals surface area contributed by atoms with Crippen molar-refractivity contribution < 1.29 is 19.0 Å². The highest BCUT2D eigenvalue weighted by atomic mass is 35.5. The van der Waals surface area contributed by atoms with Crippen LogP contribution >= 0.6 is 11.6 Å². The van der Waals surface area contributed by atoms with Crippen molar-refractivity contribution in [3.8, 4) is 11.5 Å². The molecule has 1 aromatic rings. The van der Waals surface area contributed by atoms with Crippen molar-refractivity contribution in [2.75, 3.05) is 13.4 Å². The molecule has 0 bridgehead atoms. The number of benzene rings is 1. The average Bonchev–Trinajstić information content (AvgIpc) is 2.78. The molecule has 1 N–H and O–H groups in total. The molecule has 0 aliphatic carbocycles. The van der Waals surface area contributed by atoms with E-state index < -0.39 is 6.09 Å². The van der Waals surface area contributed by atoms with Gasteiger partial charge in [0.05, 0.1) is 17.8 Å². The maximum Gasteiger partial charge on any atom is 0.427 e. The lowest BCUT2D eigenvalue weighted by molar-refractivity contribution is 0.152. The number of amides is 1. The minimum absolute atomic E-state index is 0.150. The van der Waals surface area contributed by atoms with Crippen molar-refractivity contribution >= 4 is 23.9 Å². The fourth-order valence-electron chi connectivity index (χ4n) is 1.38. The van der Waals surface area contributed by atoms with E-state index in [1.165, 1.54) is 6.21 Å². The van der Waals surface area contributed by atoms with Gasteiger partial charge in [0.25, 0.3) is 0 Å². The highest BCUT2D eigenvalue weighted by Gasteiger charge is 2.17. The first-order valence-electron chi connectivity index (χ1n) is 5.25. The zero-order chi connectivity index (χ0) is 13.0. The fourth-order valence-corrected chi connectivity index (χ4v) is 1.66. The van der Waals surface area contributed by atoms with Crippen molar-refractivity contribution in [3.05, 3.63) is 22.7 Å². The van der Waals surface area contributed by atoms with Gasteiger partial charge in [-0.2, -0.15) is 5.10 Å². The normalized spacial score (nSPS) is 12.8. The van der Waals surface area contributed by atoms with Gasteiger partial charge in [0, 0.05) is 0 Å². The molecular formula is C11H11ClN2O4. The number of hydrazone groups is 1. The maximum absolute atomic E-state index is 11.0. The first kappa shape index (κ1) is 12.5. The molecule has 0 aromatic heterocycles. The van der Waals surface area contributed by atoms with Crippen molar-refractivity contribution in [1.29, 1.82) is 0 Å². The Hall–Kier alpha value is -1.95. The number of nitrogens with one attached hydrogen (secondary N) is 1. The zero-order valence-electron chi connectivity index (χ0n) is 9.60. The largest absolute Gasteiger partial charge is 0.454 e. The summed E-state index contributed by atoms with van der Waals surface area (Å²) in [5.74, 6) is 1.08. The summed E-state index contributed by atoms with van der Waals surface area (Å²) in [5, 5.41) is 4.16. The summed E-state index contributed by atoms with van der Waals surface area (Å²) >= 11 is 5.99. The monoisotopic (exact) mass is 270 g/mol. The average molecular weight is 271 g/mol. The number of carbonyl (C=O) groups excluding carboxylic acids is 1. The van der Waals surface area contributed by atoms with E-state index in [0.717, 1.165) is 0 Å². The molecule has 0 saturated heterocycles. The van der Waals surface area contributed by atoms with E-state index >= 15 is 0 Å². The molecule has 96 valence electrons. The number of carbonyl (C=O) groups is 1. The number of nitrogens with zero attached hydrogens (tertiary/aromatic N) is 1. The molecule has 0 fully saturated rings. The van der Waals surface area contributed by atoms with Crippen LogP contribution in [0.4, 0.5) is 4.79 Å². The summed E-state index contributed by atoms with van der Waals surface area (Å²) in [7, 11) is 0. The third-order valence-electron chi connectivity index (χ3n) is 2.09. The minimum Gasteiger partial charge on any atom is -0.454 e. The van der Waals surface area contributed by atoms with E-state index in [9.17, 15) is 4.79 Å². The van der Waals surface area contributed by atoms with Crippen molar-refractivity contribution in [2.24, 2.45) is 5.10 Å². The molecule has 0 unspecified atom stereocenters. The Labute approximate surface area is 108 Å². The SMILES string of the molecule is CCOC(=O)N/N=C\c1cc(Cl)c2c(c1)OCO2. The van der Waals surface area contributed by atoms with Gasteiger partial charge in [0.1, 0.15) is 0 Å². The van der Waals surface area contributed by atoms with Crippen molar-refractivity contribution in [1.82, 2.24) is 5.43 Å². The molecule has 1 amide bonds. The van der Waals surface area contributed by atoms with Crippen LogP contribution in [0.1, 0.15) is 12.5 Å². The lowest BCUT2D eigenvalue weighted by Gasteiger charge is -2.01. The summed E-state index contributed by atoms with van der Waals surface area (Å²) in [4.78, 5) is 11.0. The van der Waals surface area contributed by atoms with E-state index in [-0.39, 0.29) is 13.4 Å². The summed E-state index contributed by atoms with van der Waals surface area (Å²) in [6, 6.07) is 3.37. The zero-order valence-corrected chi connectivity index (χ0v) is 10.4. The topological polar surface area (TPSA) is 69.2 Å². The number of hydrogen-bond acceptors (Lipinski definition) is 5. The third kappa shape index (κ3) is 2.84. The maximum atomic E-state index is 11.0. The molecule has 1 heterocycles. The van der Waals surface area contributed by atoms with E-state index in [2.05, 4.69) is 15.3 Å². The number of hydrogen-bond donors (Lipinski definition) is 1. The van der Waals surface area contributed by atoms with Crippen molar-refractivity contribution in [2.45, 2.75) is 6.92 Å². The van der Waals surface area contributed by atoms with Gasteiger partial charge in [-0.1, -0.05) is 11.6 Å². The lowest BCUT2D eigenvalue weighted by Crippen LogP contribution is -2.18. The first-order chi connectivity index (χ1) is 8.70. The Morgan fingerprint density at radius 1 is 1.61 bits per heavy atom. The minimum atomic E-state index is -0.611. The summed E-state index contributed by atoms with van der Waals surface area (Å²) in [5.41, 5.74) is 2.89. The molecule has 0 radical (unpaired) electrons. The standard InChI is InChI=1S/C11H11ClN2O4/c1-2-16-11(15)14-13-5-7-3-8(12)10-9(4-7)17-6-18-10/h3-5H,2,6H2,1H3,(H,14,15)/b13-5-. The number of rotatable bonds is 3. The van der Waals surface area contributed by atoms with E-state index in [1.807, 2.05) is 0 Å². The van der Waals surface area contributed by atoms with Gasteiger partial charge >= 0.3 is 6.09 Å². The van der Waals surface area contributed by atoms with Gasteiger partial charge in [-0.3, -0.25) is 0 Å². The Balaban J connectivity index is 2.04. The smallest absolute Gasteiger partial charge is 0.427 e. The van der Waals surface area contributed by atoms with E-state index in [1.54, 1.807) is 19.1 Å². The number of fused-ring (bicyclic) bond motifs is 1. The predicted molar refractivity (Wildman–Crippen MR) is 65.3 cm³/mol. The molecule has 18 heavy (non-hydrogen) atoms. The molecule has 1 aliphatic heterocycles. The third-order valence-corrected chi connectivity index (χ3v) is 2.38. The van der Waals surface area contributed by atoms with Crippen LogP contribution < -0.4 is 14.9 Å². The fraction of sp³-hybridized carbons (Fsp3) is 0.273. The Morgan fingerprint density at radius 2 is 2.44 bits per heavy atom. The van der Waals surface area contributed by atoms with E-state index in [0.29, 0.717) is 22.1 Å². The van der Waals surface area contributed by atoms with Gasteiger partial charge in [0.15, 0.2) is 11.5 Å². The second-order valence-corrected chi connectivity index (χ2v) is 3.73. The quantitative estimate of drug-likeness (QED) is 0.675. The van der Waals surface area contributed by atoms with Crippen LogP contribution in [0.2, 0.25) is 5.02 Å².